The number of thioether (sulfide) groups is 1. The highest BCUT2D eigenvalue weighted by atomic mass is 32.2. The zero-order chi connectivity index (χ0) is 13.7. The molecule has 5 heteroatoms. The number of aromatic nitrogens is 2. The van der Waals surface area contributed by atoms with Crippen LogP contribution in [0.5, 0.6) is 0 Å². The Labute approximate surface area is 120 Å². The van der Waals surface area contributed by atoms with E-state index >= 15 is 0 Å². The van der Waals surface area contributed by atoms with Gasteiger partial charge in [-0.2, -0.15) is 16.7 Å². The van der Waals surface area contributed by atoms with Crippen LogP contribution in [0.4, 0.5) is 0 Å². The first-order valence-corrected chi connectivity index (χ1v) is 8.40. The van der Waals surface area contributed by atoms with Gasteiger partial charge in [0, 0.05) is 11.3 Å². The summed E-state index contributed by atoms with van der Waals surface area (Å²) in [5.41, 5.74) is 0. The second kappa shape index (κ2) is 7.29. The molecular weight excluding hydrogens is 258 g/mol. The Hall–Kier alpha value is -0.550. The average Bonchev–Trinajstić information content (AvgIpc) is 3.09. The molecule has 1 saturated carbocycles. The lowest BCUT2D eigenvalue weighted by atomic mass is 10.00. The van der Waals surface area contributed by atoms with Gasteiger partial charge < -0.3 is 9.84 Å². The molecule has 2 rings (SSSR count). The normalized spacial score (nSPS) is 19.7. The first-order valence-electron chi connectivity index (χ1n) is 7.36. The Morgan fingerprint density at radius 1 is 1.42 bits per heavy atom. The fourth-order valence-electron chi connectivity index (χ4n) is 2.74. The maximum atomic E-state index is 5.41. The fourth-order valence-corrected chi connectivity index (χ4v) is 3.91. The Bertz CT molecular complexity index is 373. The highest BCUT2D eigenvalue weighted by molar-refractivity contribution is 7.99. The smallest absolute Gasteiger partial charge is 0.231 e. The molecule has 1 N–H and O–H groups in total. The summed E-state index contributed by atoms with van der Waals surface area (Å²) in [6, 6.07) is 0.399. The number of hydrogen-bond acceptors (Lipinski definition) is 5. The lowest BCUT2D eigenvalue weighted by Gasteiger charge is -2.18. The average molecular weight is 283 g/mol. The van der Waals surface area contributed by atoms with Crippen LogP contribution in [0.1, 0.15) is 63.6 Å². The molecule has 0 aliphatic heterocycles. The largest absolute Gasteiger partial charge is 0.339 e. The van der Waals surface area contributed by atoms with Crippen LogP contribution in [0.25, 0.3) is 0 Å². The topological polar surface area (TPSA) is 51.0 Å². The number of hydrogen-bond donors (Lipinski definition) is 1. The summed E-state index contributed by atoms with van der Waals surface area (Å²) in [5, 5.41) is 8.22. The van der Waals surface area contributed by atoms with Crippen molar-refractivity contribution >= 4 is 11.8 Å². The van der Waals surface area contributed by atoms with Crippen LogP contribution in [0.2, 0.25) is 0 Å². The van der Waals surface area contributed by atoms with Gasteiger partial charge in [0.05, 0.1) is 11.7 Å². The van der Waals surface area contributed by atoms with Gasteiger partial charge in [0.15, 0.2) is 5.82 Å². The quantitative estimate of drug-likeness (QED) is 0.831. The van der Waals surface area contributed by atoms with Crippen LogP contribution >= 0.6 is 11.8 Å². The molecule has 0 radical (unpaired) electrons. The summed E-state index contributed by atoms with van der Waals surface area (Å²) in [6.07, 6.45) is 6.53. The third-order valence-electron chi connectivity index (χ3n) is 4.04. The second-order valence-corrected chi connectivity index (χ2v) is 6.65. The van der Waals surface area contributed by atoms with Crippen molar-refractivity contribution < 1.29 is 4.52 Å². The van der Waals surface area contributed by atoms with Gasteiger partial charge in [-0.3, -0.25) is 0 Å². The van der Waals surface area contributed by atoms with E-state index in [4.69, 9.17) is 4.52 Å². The molecule has 4 nitrogen and oxygen atoms in total. The monoisotopic (exact) mass is 283 g/mol. The minimum Gasteiger partial charge on any atom is -0.339 e. The van der Waals surface area contributed by atoms with E-state index in [-0.39, 0.29) is 5.92 Å². The highest BCUT2D eigenvalue weighted by Crippen LogP contribution is 2.31. The van der Waals surface area contributed by atoms with Gasteiger partial charge in [-0.25, -0.2) is 0 Å². The molecule has 0 bridgehead atoms. The van der Waals surface area contributed by atoms with E-state index in [1.54, 1.807) is 0 Å². The molecule has 1 aromatic rings. The first kappa shape index (κ1) is 14.9. The molecule has 1 heterocycles. The molecule has 0 saturated heterocycles. The lowest BCUT2D eigenvalue weighted by Crippen LogP contribution is -2.30. The van der Waals surface area contributed by atoms with Crippen molar-refractivity contribution in [1.29, 1.82) is 0 Å². The van der Waals surface area contributed by atoms with E-state index in [1.807, 2.05) is 18.8 Å². The fraction of sp³-hybridized carbons (Fsp3) is 0.857. The van der Waals surface area contributed by atoms with E-state index in [0.717, 1.165) is 29.1 Å². The molecule has 1 aromatic heterocycles. The summed E-state index contributed by atoms with van der Waals surface area (Å²) in [5.74, 6) is 2.78. The molecule has 2 atom stereocenters. The third-order valence-corrected chi connectivity index (χ3v) is 5.41. The van der Waals surface area contributed by atoms with Crippen LogP contribution in [0.3, 0.4) is 0 Å². The van der Waals surface area contributed by atoms with E-state index in [0.29, 0.717) is 6.04 Å². The molecule has 108 valence electrons. The van der Waals surface area contributed by atoms with Crippen molar-refractivity contribution in [3.63, 3.8) is 0 Å². The predicted octanol–water partition coefficient (Wildman–Crippen LogP) is 3.35. The zero-order valence-corrected chi connectivity index (χ0v) is 13.0. The SMILES string of the molecule is CCC(NC)C(C)c1nc(CSC2CCCC2)no1. The van der Waals surface area contributed by atoms with Crippen molar-refractivity contribution in [3.8, 4) is 0 Å². The van der Waals surface area contributed by atoms with Crippen LogP contribution in [-0.2, 0) is 5.75 Å². The zero-order valence-electron chi connectivity index (χ0n) is 12.2. The van der Waals surface area contributed by atoms with Gasteiger partial charge >= 0.3 is 0 Å². The standard InChI is InChI=1S/C14H25N3OS/c1-4-12(15-3)10(2)14-16-13(17-18-14)9-19-11-7-5-6-8-11/h10-12,15H,4-9H2,1-3H3. The summed E-state index contributed by atoms with van der Waals surface area (Å²) < 4.78 is 5.41. The molecular formula is C14H25N3OS. The molecule has 2 unspecified atom stereocenters. The number of rotatable bonds is 7. The van der Waals surface area contributed by atoms with Crippen molar-refractivity contribution in [1.82, 2.24) is 15.5 Å². The van der Waals surface area contributed by atoms with E-state index in [1.165, 1.54) is 25.7 Å². The summed E-state index contributed by atoms with van der Waals surface area (Å²) >= 11 is 1.98. The predicted molar refractivity (Wildman–Crippen MR) is 79.4 cm³/mol. The van der Waals surface area contributed by atoms with Gasteiger partial charge in [0.1, 0.15) is 0 Å². The van der Waals surface area contributed by atoms with Crippen molar-refractivity contribution in [2.45, 2.75) is 68.9 Å². The molecule has 1 aliphatic rings. The van der Waals surface area contributed by atoms with Crippen LogP contribution in [0.15, 0.2) is 4.52 Å². The van der Waals surface area contributed by atoms with Crippen LogP contribution in [-0.4, -0.2) is 28.5 Å². The van der Waals surface area contributed by atoms with Gasteiger partial charge in [-0.05, 0) is 26.3 Å². The molecule has 0 spiro atoms. The second-order valence-electron chi connectivity index (χ2n) is 5.36. The van der Waals surface area contributed by atoms with Gasteiger partial charge in [0.25, 0.3) is 0 Å². The van der Waals surface area contributed by atoms with E-state index < -0.39 is 0 Å². The number of nitrogens with one attached hydrogen (secondary N) is 1. The molecule has 1 fully saturated rings. The molecule has 19 heavy (non-hydrogen) atoms. The van der Waals surface area contributed by atoms with Crippen molar-refractivity contribution in [2.24, 2.45) is 0 Å². The Balaban J connectivity index is 1.87. The maximum Gasteiger partial charge on any atom is 0.231 e. The molecule has 0 aromatic carbocycles. The number of likely N-dealkylation sites (N-methyl/N-ethyl adjacent to an activating group) is 1. The summed E-state index contributed by atoms with van der Waals surface area (Å²) in [7, 11) is 1.98. The van der Waals surface area contributed by atoms with Crippen molar-refractivity contribution in [2.75, 3.05) is 7.05 Å². The summed E-state index contributed by atoms with van der Waals surface area (Å²) in [6.45, 7) is 4.32. The van der Waals surface area contributed by atoms with Crippen LogP contribution < -0.4 is 5.32 Å². The van der Waals surface area contributed by atoms with Crippen molar-refractivity contribution in [3.05, 3.63) is 11.7 Å². The first-order chi connectivity index (χ1) is 9.24. The maximum absolute atomic E-state index is 5.41. The summed E-state index contributed by atoms with van der Waals surface area (Å²) in [4.78, 5) is 4.55. The third kappa shape index (κ3) is 3.96. The van der Waals surface area contributed by atoms with E-state index in [2.05, 4.69) is 29.3 Å². The molecule has 0 amide bonds. The Morgan fingerprint density at radius 2 is 2.16 bits per heavy atom. The Kier molecular flexibility index (Phi) is 5.70. The van der Waals surface area contributed by atoms with Gasteiger partial charge in [0.2, 0.25) is 5.89 Å². The Morgan fingerprint density at radius 3 is 2.79 bits per heavy atom. The molecule has 1 aliphatic carbocycles. The highest BCUT2D eigenvalue weighted by Gasteiger charge is 2.22. The number of nitrogens with zero attached hydrogens (tertiary/aromatic N) is 2. The van der Waals surface area contributed by atoms with Gasteiger partial charge in [-0.1, -0.05) is 31.8 Å². The van der Waals surface area contributed by atoms with Crippen LogP contribution in [0, 0.1) is 0 Å². The van der Waals surface area contributed by atoms with E-state index in [9.17, 15) is 0 Å². The van der Waals surface area contributed by atoms with Gasteiger partial charge in [-0.15, -0.1) is 0 Å². The minimum atomic E-state index is 0.271. The lowest BCUT2D eigenvalue weighted by molar-refractivity contribution is 0.324. The minimum absolute atomic E-state index is 0.271.